The van der Waals surface area contributed by atoms with Gasteiger partial charge in [-0.2, -0.15) is 17.4 Å². The SMILES string of the molecule is CCN(CC1CC1)S(=O)(=O)NC(CCC(=O)O)Cc1ccccc1. The molecule has 24 heavy (non-hydrogen) atoms. The van der Waals surface area contributed by atoms with Gasteiger partial charge < -0.3 is 5.11 Å². The lowest BCUT2D eigenvalue weighted by Gasteiger charge is -2.25. The zero-order valence-electron chi connectivity index (χ0n) is 14.0. The number of rotatable bonds is 11. The van der Waals surface area contributed by atoms with Crippen LogP contribution in [-0.4, -0.2) is 42.9 Å². The first-order valence-electron chi connectivity index (χ1n) is 8.44. The zero-order chi connectivity index (χ0) is 17.6. The minimum atomic E-state index is -3.60. The molecule has 0 spiro atoms. The molecule has 2 N–H and O–H groups in total. The van der Waals surface area contributed by atoms with Gasteiger partial charge in [0.25, 0.3) is 10.2 Å². The van der Waals surface area contributed by atoms with Crippen LogP contribution in [0.5, 0.6) is 0 Å². The van der Waals surface area contributed by atoms with Crippen LogP contribution in [0.4, 0.5) is 0 Å². The fourth-order valence-corrected chi connectivity index (χ4v) is 4.19. The van der Waals surface area contributed by atoms with E-state index in [9.17, 15) is 13.2 Å². The van der Waals surface area contributed by atoms with Crippen LogP contribution in [0, 0.1) is 5.92 Å². The summed E-state index contributed by atoms with van der Waals surface area (Å²) in [6.45, 7) is 2.79. The van der Waals surface area contributed by atoms with Gasteiger partial charge in [-0.15, -0.1) is 0 Å². The topological polar surface area (TPSA) is 86.7 Å². The number of nitrogens with one attached hydrogen (secondary N) is 1. The highest BCUT2D eigenvalue weighted by Gasteiger charge is 2.31. The van der Waals surface area contributed by atoms with Crippen LogP contribution in [-0.2, 0) is 21.4 Å². The fraction of sp³-hybridized carbons (Fsp3) is 0.588. The van der Waals surface area contributed by atoms with Crippen molar-refractivity contribution >= 4 is 16.2 Å². The highest BCUT2D eigenvalue weighted by atomic mass is 32.2. The number of carbonyl (C=O) groups is 1. The number of benzene rings is 1. The van der Waals surface area contributed by atoms with Gasteiger partial charge in [-0.25, -0.2) is 0 Å². The minimum Gasteiger partial charge on any atom is -0.481 e. The van der Waals surface area contributed by atoms with Gasteiger partial charge >= 0.3 is 5.97 Å². The molecule has 6 nitrogen and oxygen atoms in total. The third kappa shape index (κ3) is 6.22. The molecule has 0 aromatic heterocycles. The maximum absolute atomic E-state index is 12.6. The van der Waals surface area contributed by atoms with Crippen molar-refractivity contribution in [3.05, 3.63) is 35.9 Å². The first kappa shape index (κ1) is 18.9. The Hall–Kier alpha value is -1.44. The quantitative estimate of drug-likeness (QED) is 0.636. The normalized spacial score (nSPS) is 16.2. The lowest BCUT2D eigenvalue weighted by Crippen LogP contribution is -2.47. The largest absolute Gasteiger partial charge is 0.481 e. The molecule has 134 valence electrons. The lowest BCUT2D eigenvalue weighted by molar-refractivity contribution is -0.137. The summed E-state index contributed by atoms with van der Waals surface area (Å²) in [7, 11) is -3.60. The second-order valence-electron chi connectivity index (χ2n) is 6.34. The molecule has 0 bridgehead atoms. The number of hydrogen-bond donors (Lipinski definition) is 2. The van der Waals surface area contributed by atoms with Crippen molar-refractivity contribution in [2.24, 2.45) is 5.92 Å². The molecular weight excluding hydrogens is 328 g/mol. The molecule has 1 aliphatic carbocycles. The molecule has 1 fully saturated rings. The third-order valence-corrected chi connectivity index (χ3v) is 5.92. The first-order chi connectivity index (χ1) is 11.4. The highest BCUT2D eigenvalue weighted by molar-refractivity contribution is 7.87. The highest BCUT2D eigenvalue weighted by Crippen LogP contribution is 2.30. The van der Waals surface area contributed by atoms with Crippen molar-refractivity contribution in [1.82, 2.24) is 9.03 Å². The Labute approximate surface area is 144 Å². The van der Waals surface area contributed by atoms with Gasteiger partial charge in [-0.1, -0.05) is 37.3 Å². The zero-order valence-corrected chi connectivity index (χ0v) is 14.8. The Morgan fingerprint density at radius 2 is 2.00 bits per heavy atom. The van der Waals surface area contributed by atoms with Crippen LogP contribution >= 0.6 is 0 Å². The molecule has 0 amide bonds. The number of hydrogen-bond acceptors (Lipinski definition) is 3. The van der Waals surface area contributed by atoms with Gasteiger partial charge in [0.1, 0.15) is 0 Å². The standard InChI is InChI=1S/C17H26N2O4S/c1-2-19(13-15-8-9-15)24(22,23)18-16(10-11-17(20)21)12-14-6-4-3-5-7-14/h3-7,15-16,18H,2,8-13H2,1H3,(H,20,21). The van der Waals surface area contributed by atoms with Crippen molar-refractivity contribution in [3.63, 3.8) is 0 Å². The van der Waals surface area contributed by atoms with E-state index in [0.29, 0.717) is 25.4 Å². The van der Waals surface area contributed by atoms with Crippen LogP contribution in [0.3, 0.4) is 0 Å². The minimum absolute atomic E-state index is 0.0607. The van der Waals surface area contributed by atoms with Gasteiger partial charge in [-0.3, -0.25) is 4.79 Å². The van der Waals surface area contributed by atoms with Gasteiger partial charge in [0, 0.05) is 25.6 Å². The van der Waals surface area contributed by atoms with E-state index in [2.05, 4.69) is 4.72 Å². The summed E-state index contributed by atoms with van der Waals surface area (Å²) in [5.74, 6) is -0.453. The van der Waals surface area contributed by atoms with E-state index in [4.69, 9.17) is 5.11 Å². The van der Waals surface area contributed by atoms with E-state index in [1.54, 1.807) is 0 Å². The lowest BCUT2D eigenvalue weighted by atomic mass is 10.0. The molecule has 1 aromatic rings. The second-order valence-corrected chi connectivity index (χ2v) is 8.04. The number of aliphatic carboxylic acids is 1. The monoisotopic (exact) mass is 354 g/mol. The van der Waals surface area contributed by atoms with E-state index in [0.717, 1.165) is 18.4 Å². The van der Waals surface area contributed by atoms with Crippen molar-refractivity contribution in [1.29, 1.82) is 0 Å². The predicted octanol–water partition coefficient (Wildman–Crippen LogP) is 2.03. The van der Waals surface area contributed by atoms with Gasteiger partial charge in [0.15, 0.2) is 0 Å². The molecule has 1 aliphatic rings. The molecule has 0 aliphatic heterocycles. The van der Waals surface area contributed by atoms with Crippen LogP contribution < -0.4 is 4.72 Å². The molecular formula is C17H26N2O4S. The van der Waals surface area contributed by atoms with Crippen molar-refractivity contribution < 1.29 is 18.3 Å². The average Bonchev–Trinajstić information content (AvgIpc) is 3.35. The Morgan fingerprint density at radius 3 is 2.54 bits per heavy atom. The van der Waals surface area contributed by atoms with E-state index in [-0.39, 0.29) is 12.8 Å². The summed E-state index contributed by atoms with van der Waals surface area (Å²) in [6, 6.07) is 9.09. The number of carboxylic acids is 1. The molecule has 1 unspecified atom stereocenters. The Morgan fingerprint density at radius 1 is 1.33 bits per heavy atom. The van der Waals surface area contributed by atoms with Crippen molar-refractivity contribution in [3.8, 4) is 0 Å². The van der Waals surface area contributed by atoms with Crippen LogP contribution in [0.2, 0.25) is 0 Å². The first-order valence-corrected chi connectivity index (χ1v) is 9.88. The van der Waals surface area contributed by atoms with E-state index >= 15 is 0 Å². The Balaban J connectivity index is 2.05. The maximum atomic E-state index is 12.6. The average molecular weight is 354 g/mol. The van der Waals surface area contributed by atoms with Crippen LogP contribution in [0.25, 0.3) is 0 Å². The summed E-state index contributed by atoms with van der Waals surface area (Å²) in [4.78, 5) is 10.9. The molecule has 0 heterocycles. The summed E-state index contributed by atoms with van der Waals surface area (Å²) < 4.78 is 29.5. The van der Waals surface area contributed by atoms with Crippen molar-refractivity contribution in [2.75, 3.05) is 13.1 Å². The summed E-state index contributed by atoms with van der Waals surface area (Å²) in [6.07, 6.45) is 2.85. The summed E-state index contributed by atoms with van der Waals surface area (Å²) in [5.41, 5.74) is 0.987. The molecule has 0 saturated heterocycles. The van der Waals surface area contributed by atoms with E-state index < -0.39 is 22.2 Å². The van der Waals surface area contributed by atoms with Crippen LogP contribution in [0.15, 0.2) is 30.3 Å². The van der Waals surface area contributed by atoms with Gasteiger partial charge in [0.2, 0.25) is 0 Å². The second kappa shape index (κ2) is 8.60. The van der Waals surface area contributed by atoms with Crippen LogP contribution in [0.1, 0.15) is 38.2 Å². The fourth-order valence-electron chi connectivity index (χ4n) is 2.67. The maximum Gasteiger partial charge on any atom is 0.303 e. The third-order valence-electron chi connectivity index (χ3n) is 4.20. The molecule has 0 radical (unpaired) electrons. The van der Waals surface area contributed by atoms with Crippen molar-refractivity contribution in [2.45, 2.75) is 45.1 Å². The van der Waals surface area contributed by atoms with E-state index in [1.165, 1.54) is 4.31 Å². The van der Waals surface area contributed by atoms with Gasteiger partial charge in [0.05, 0.1) is 0 Å². The Bertz CT molecular complexity index is 629. The molecule has 1 atom stereocenters. The molecule has 7 heteroatoms. The number of carboxylic acid groups (broad SMARTS) is 1. The number of nitrogens with zero attached hydrogens (tertiary/aromatic N) is 1. The molecule has 2 rings (SSSR count). The Kier molecular flexibility index (Phi) is 6.77. The smallest absolute Gasteiger partial charge is 0.303 e. The molecule has 1 saturated carbocycles. The predicted molar refractivity (Wildman–Crippen MR) is 92.8 cm³/mol. The molecule has 1 aromatic carbocycles. The van der Waals surface area contributed by atoms with E-state index in [1.807, 2.05) is 37.3 Å². The summed E-state index contributed by atoms with van der Waals surface area (Å²) in [5, 5.41) is 8.92. The van der Waals surface area contributed by atoms with Gasteiger partial charge in [-0.05, 0) is 37.2 Å². The summed E-state index contributed by atoms with van der Waals surface area (Å²) >= 11 is 0.